The van der Waals surface area contributed by atoms with Crippen molar-refractivity contribution in [3.05, 3.63) is 41.2 Å². The number of amides is 1. The van der Waals surface area contributed by atoms with Crippen LogP contribution in [-0.2, 0) is 0 Å². The fourth-order valence-electron chi connectivity index (χ4n) is 1.88. The van der Waals surface area contributed by atoms with Crippen molar-refractivity contribution in [3.63, 3.8) is 0 Å². The summed E-state index contributed by atoms with van der Waals surface area (Å²) in [5.41, 5.74) is 0.465. The fourth-order valence-corrected chi connectivity index (χ4v) is 2.09. The highest BCUT2D eigenvalue weighted by Gasteiger charge is 2.15. The minimum absolute atomic E-state index is 0.0822. The summed E-state index contributed by atoms with van der Waals surface area (Å²) in [6, 6.07) is 7.10. The molecule has 0 aliphatic rings. The number of hydrogen-bond donors (Lipinski definition) is 2. The largest absolute Gasteiger partial charge is 0.394 e. The lowest BCUT2D eigenvalue weighted by Crippen LogP contribution is -2.37. The summed E-state index contributed by atoms with van der Waals surface area (Å²) in [6.07, 6.45) is 2.13. The molecule has 2 aromatic rings. The van der Waals surface area contributed by atoms with E-state index in [4.69, 9.17) is 16.7 Å². The smallest absolute Gasteiger partial charge is 0.253 e. The van der Waals surface area contributed by atoms with Gasteiger partial charge in [0, 0.05) is 11.6 Å². The summed E-state index contributed by atoms with van der Waals surface area (Å²) < 4.78 is 0. The van der Waals surface area contributed by atoms with Crippen molar-refractivity contribution in [3.8, 4) is 0 Å². The highest BCUT2D eigenvalue weighted by atomic mass is 35.5. The minimum atomic E-state index is -0.249. The van der Waals surface area contributed by atoms with Crippen LogP contribution in [0.1, 0.15) is 23.7 Å². The topological polar surface area (TPSA) is 62.2 Å². The molecule has 0 spiro atoms. The van der Waals surface area contributed by atoms with Gasteiger partial charge in [0.15, 0.2) is 0 Å². The molecule has 2 N–H and O–H groups in total. The molecule has 0 fully saturated rings. The average molecular weight is 279 g/mol. The Hall–Kier alpha value is -1.65. The highest BCUT2D eigenvalue weighted by molar-refractivity contribution is 6.34. The zero-order valence-corrected chi connectivity index (χ0v) is 11.3. The molecule has 2 rings (SSSR count). The number of pyridine rings is 1. The number of fused-ring (bicyclic) bond motifs is 1. The Bertz CT molecular complexity index is 597. The molecular weight excluding hydrogens is 264 g/mol. The van der Waals surface area contributed by atoms with Crippen LogP contribution >= 0.6 is 11.6 Å². The van der Waals surface area contributed by atoms with Crippen molar-refractivity contribution < 1.29 is 9.90 Å². The number of aliphatic hydroxyl groups excluding tert-OH is 1. The van der Waals surface area contributed by atoms with Crippen LogP contribution in [0.25, 0.3) is 10.8 Å². The van der Waals surface area contributed by atoms with Gasteiger partial charge in [0.2, 0.25) is 0 Å². The third-order valence-electron chi connectivity index (χ3n) is 3.04. The summed E-state index contributed by atoms with van der Waals surface area (Å²) in [7, 11) is 0. The van der Waals surface area contributed by atoms with E-state index in [1.54, 1.807) is 0 Å². The highest BCUT2D eigenvalue weighted by Crippen LogP contribution is 2.24. The zero-order chi connectivity index (χ0) is 13.8. The van der Waals surface area contributed by atoms with Crippen LogP contribution in [0.15, 0.2) is 30.5 Å². The molecule has 1 heterocycles. The van der Waals surface area contributed by atoms with Crippen LogP contribution in [0.3, 0.4) is 0 Å². The van der Waals surface area contributed by atoms with Crippen LogP contribution in [0, 0.1) is 0 Å². The second kappa shape index (κ2) is 5.99. The minimum Gasteiger partial charge on any atom is -0.394 e. The summed E-state index contributed by atoms with van der Waals surface area (Å²) >= 11 is 6.01. The Morgan fingerprint density at radius 1 is 1.42 bits per heavy atom. The predicted molar refractivity (Wildman–Crippen MR) is 75.4 cm³/mol. The van der Waals surface area contributed by atoms with E-state index in [0.717, 1.165) is 10.8 Å². The maximum absolute atomic E-state index is 12.2. The molecular formula is C14H15ClN2O2. The third-order valence-corrected chi connectivity index (χ3v) is 3.34. The molecule has 4 nitrogen and oxygen atoms in total. The second-order valence-electron chi connectivity index (χ2n) is 4.27. The first-order valence-electron chi connectivity index (χ1n) is 6.12. The number of nitrogens with one attached hydrogen (secondary N) is 1. The van der Waals surface area contributed by atoms with Crippen LogP contribution < -0.4 is 5.32 Å². The lowest BCUT2D eigenvalue weighted by molar-refractivity contribution is 0.0916. The number of nitrogens with zero attached hydrogens (tertiary/aromatic N) is 1. The quantitative estimate of drug-likeness (QED) is 0.844. The SMILES string of the molecule is CC[C@H](CO)NC(=O)c1cnc(Cl)c2ccccc12. The number of aliphatic hydroxyl groups is 1. The standard InChI is InChI=1S/C14H15ClN2O2/c1-2-9(8-18)17-14(19)12-7-16-13(15)11-6-4-3-5-10(11)12/h3-7,9,18H,2,8H2,1H3,(H,17,19)/t9-/m1/s1. The van der Waals surface area contributed by atoms with Gasteiger partial charge in [-0.3, -0.25) is 4.79 Å². The number of hydrogen-bond acceptors (Lipinski definition) is 3. The molecule has 0 aliphatic carbocycles. The van der Waals surface area contributed by atoms with E-state index in [-0.39, 0.29) is 18.6 Å². The average Bonchev–Trinajstić information content (AvgIpc) is 2.45. The van der Waals surface area contributed by atoms with E-state index in [2.05, 4.69) is 10.3 Å². The van der Waals surface area contributed by atoms with Crippen molar-refractivity contribution >= 4 is 28.3 Å². The molecule has 1 atom stereocenters. The Kier molecular flexibility index (Phi) is 4.35. The summed E-state index contributed by atoms with van der Waals surface area (Å²) in [5, 5.41) is 13.8. The number of benzene rings is 1. The van der Waals surface area contributed by atoms with E-state index in [1.807, 2.05) is 31.2 Å². The van der Waals surface area contributed by atoms with E-state index in [0.29, 0.717) is 17.1 Å². The molecule has 1 aromatic heterocycles. The van der Waals surface area contributed by atoms with Gasteiger partial charge in [0.05, 0.1) is 18.2 Å². The first kappa shape index (κ1) is 13.8. The van der Waals surface area contributed by atoms with Gasteiger partial charge >= 0.3 is 0 Å². The van der Waals surface area contributed by atoms with Gasteiger partial charge < -0.3 is 10.4 Å². The third kappa shape index (κ3) is 2.85. The van der Waals surface area contributed by atoms with Crippen molar-refractivity contribution in [2.45, 2.75) is 19.4 Å². The lowest BCUT2D eigenvalue weighted by atomic mass is 10.1. The van der Waals surface area contributed by atoms with E-state index < -0.39 is 0 Å². The molecule has 1 amide bonds. The molecule has 0 saturated heterocycles. The van der Waals surface area contributed by atoms with Gasteiger partial charge in [0.1, 0.15) is 5.15 Å². The van der Waals surface area contributed by atoms with Crippen molar-refractivity contribution in [1.82, 2.24) is 10.3 Å². The molecule has 0 unspecified atom stereocenters. The molecule has 0 bridgehead atoms. The number of rotatable bonds is 4. The van der Waals surface area contributed by atoms with Gasteiger partial charge in [-0.25, -0.2) is 4.98 Å². The number of carbonyl (C=O) groups excluding carboxylic acids is 1. The van der Waals surface area contributed by atoms with E-state index in [9.17, 15) is 4.79 Å². The van der Waals surface area contributed by atoms with Gasteiger partial charge in [0.25, 0.3) is 5.91 Å². The fraction of sp³-hybridized carbons (Fsp3) is 0.286. The maximum Gasteiger partial charge on any atom is 0.253 e. The van der Waals surface area contributed by atoms with Crippen molar-refractivity contribution in [1.29, 1.82) is 0 Å². The Labute approximate surface area is 116 Å². The van der Waals surface area contributed by atoms with Crippen LogP contribution in [0.5, 0.6) is 0 Å². The molecule has 0 radical (unpaired) electrons. The summed E-state index contributed by atoms with van der Waals surface area (Å²) in [5.74, 6) is -0.249. The van der Waals surface area contributed by atoms with Crippen LogP contribution in [0.2, 0.25) is 5.15 Å². The Balaban J connectivity index is 2.40. The normalized spacial score (nSPS) is 12.4. The first-order valence-corrected chi connectivity index (χ1v) is 6.50. The zero-order valence-electron chi connectivity index (χ0n) is 10.6. The first-order chi connectivity index (χ1) is 9.17. The summed E-state index contributed by atoms with van der Waals surface area (Å²) in [6.45, 7) is 1.82. The second-order valence-corrected chi connectivity index (χ2v) is 4.63. The monoisotopic (exact) mass is 278 g/mol. The molecule has 0 saturated carbocycles. The van der Waals surface area contributed by atoms with E-state index >= 15 is 0 Å². The van der Waals surface area contributed by atoms with Gasteiger partial charge in [-0.15, -0.1) is 0 Å². The molecule has 100 valence electrons. The van der Waals surface area contributed by atoms with E-state index in [1.165, 1.54) is 6.20 Å². The van der Waals surface area contributed by atoms with Gasteiger partial charge in [-0.2, -0.15) is 0 Å². The number of aromatic nitrogens is 1. The lowest BCUT2D eigenvalue weighted by Gasteiger charge is -2.15. The molecule has 0 aliphatic heterocycles. The van der Waals surface area contributed by atoms with Crippen molar-refractivity contribution in [2.24, 2.45) is 0 Å². The number of carbonyl (C=O) groups is 1. The maximum atomic E-state index is 12.2. The van der Waals surface area contributed by atoms with Gasteiger partial charge in [-0.1, -0.05) is 42.8 Å². The van der Waals surface area contributed by atoms with Crippen molar-refractivity contribution in [2.75, 3.05) is 6.61 Å². The Morgan fingerprint density at radius 3 is 2.74 bits per heavy atom. The number of halogens is 1. The van der Waals surface area contributed by atoms with Crippen LogP contribution in [0.4, 0.5) is 0 Å². The summed E-state index contributed by atoms with van der Waals surface area (Å²) in [4.78, 5) is 16.2. The Morgan fingerprint density at radius 2 is 2.11 bits per heavy atom. The predicted octanol–water partition coefficient (Wildman–Crippen LogP) is 2.39. The van der Waals surface area contributed by atoms with Crippen LogP contribution in [-0.4, -0.2) is 28.6 Å². The molecule has 1 aromatic carbocycles. The molecule has 19 heavy (non-hydrogen) atoms. The molecule has 5 heteroatoms. The van der Waals surface area contributed by atoms with Gasteiger partial charge in [-0.05, 0) is 11.8 Å².